The first-order chi connectivity index (χ1) is 14.2. The van der Waals surface area contributed by atoms with Gasteiger partial charge < -0.3 is 20.0 Å². The average Bonchev–Trinajstić information content (AvgIpc) is 3.27. The molecule has 4 aromatic rings. The molecule has 0 saturated carbocycles. The highest BCUT2D eigenvalue weighted by atomic mass is 16.3. The number of anilines is 4. The lowest BCUT2D eigenvalue weighted by atomic mass is 10.2. The predicted octanol–water partition coefficient (Wildman–Crippen LogP) is 5.16. The maximum absolute atomic E-state index is 5.40. The van der Waals surface area contributed by atoms with E-state index in [1.807, 2.05) is 74.8 Å². The molecule has 6 nitrogen and oxygen atoms in total. The lowest BCUT2D eigenvalue weighted by Gasteiger charge is -2.14. The molecule has 0 aliphatic carbocycles. The Hall–Kier alpha value is -3.80. The third kappa shape index (κ3) is 4.73. The first-order valence-electron chi connectivity index (χ1n) is 9.42. The summed E-state index contributed by atoms with van der Waals surface area (Å²) in [5.41, 5.74) is 3.06. The summed E-state index contributed by atoms with van der Waals surface area (Å²) in [7, 11) is 4.05. The Bertz CT molecular complexity index is 1040. The normalized spacial score (nSPS) is 10.6. The molecule has 0 aliphatic rings. The fraction of sp³-hybridized carbons (Fsp3) is 0.130. The average molecular weight is 385 g/mol. The molecule has 146 valence electrons. The van der Waals surface area contributed by atoms with Crippen molar-refractivity contribution in [2.75, 3.05) is 29.6 Å². The first kappa shape index (κ1) is 18.6. The Morgan fingerprint density at radius 1 is 0.862 bits per heavy atom. The topological polar surface area (TPSA) is 66.2 Å². The predicted molar refractivity (Wildman–Crippen MR) is 118 cm³/mol. The molecule has 2 heterocycles. The zero-order valence-electron chi connectivity index (χ0n) is 16.5. The van der Waals surface area contributed by atoms with Gasteiger partial charge in [-0.15, -0.1) is 0 Å². The molecule has 0 spiro atoms. The van der Waals surface area contributed by atoms with E-state index in [-0.39, 0.29) is 0 Å². The van der Waals surface area contributed by atoms with Crippen molar-refractivity contribution in [3.63, 3.8) is 0 Å². The number of nitrogens with one attached hydrogen (secondary N) is 2. The minimum atomic E-state index is 0.551. The Kier molecular flexibility index (Phi) is 5.42. The van der Waals surface area contributed by atoms with Crippen LogP contribution in [0.3, 0.4) is 0 Å². The molecule has 0 amide bonds. The van der Waals surface area contributed by atoms with Crippen molar-refractivity contribution in [3.8, 4) is 11.4 Å². The van der Waals surface area contributed by atoms with Gasteiger partial charge in [0.25, 0.3) is 0 Å². The van der Waals surface area contributed by atoms with Crippen LogP contribution in [-0.2, 0) is 6.54 Å². The quantitative estimate of drug-likeness (QED) is 0.458. The van der Waals surface area contributed by atoms with E-state index in [0.717, 1.165) is 34.3 Å². The van der Waals surface area contributed by atoms with E-state index in [2.05, 4.69) is 32.7 Å². The summed E-state index contributed by atoms with van der Waals surface area (Å²) in [5.74, 6) is 2.95. The second kappa shape index (κ2) is 8.48. The van der Waals surface area contributed by atoms with E-state index in [4.69, 9.17) is 9.40 Å². The van der Waals surface area contributed by atoms with E-state index >= 15 is 0 Å². The van der Waals surface area contributed by atoms with Crippen molar-refractivity contribution in [2.45, 2.75) is 6.54 Å². The molecule has 0 bridgehead atoms. The van der Waals surface area contributed by atoms with Crippen molar-refractivity contribution in [1.82, 2.24) is 9.97 Å². The monoisotopic (exact) mass is 385 g/mol. The fourth-order valence-corrected chi connectivity index (χ4v) is 2.90. The third-order valence-electron chi connectivity index (χ3n) is 4.44. The van der Waals surface area contributed by atoms with Gasteiger partial charge in [0, 0.05) is 37.1 Å². The summed E-state index contributed by atoms with van der Waals surface area (Å²) in [6.45, 7) is 0.551. The molecular formula is C23H23N5O. The summed E-state index contributed by atoms with van der Waals surface area (Å²) in [6, 6.07) is 23.9. The standard InChI is InChI=1S/C23H23N5O/c1-28(2)19-12-10-18(11-13-19)25-22-15-21(24-16-20-9-6-14-29-20)26-23(27-22)17-7-4-3-5-8-17/h3-15H,16H2,1-2H3,(H2,24,25,26,27). The molecule has 4 rings (SSSR count). The lowest BCUT2D eigenvalue weighted by Crippen LogP contribution is -2.08. The van der Waals surface area contributed by atoms with Crippen LogP contribution in [0, 0.1) is 0 Å². The van der Waals surface area contributed by atoms with Gasteiger partial charge in [-0.2, -0.15) is 0 Å². The summed E-state index contributed by atoms with van der Waals surface area (Å²) in [4.78, 5) is 11.4. The number of hydrogen-bond donors (Lipinski definition) is 2. The molecule has 2 aromatic carbocycles. The van der Waals surface area contributed by atoms with Crippen LogP contribution >= 0.6 is 0 Å². The van der Waals surface area contributed by atoms with Crippen molar-refractivity contribution in [2.24, 2.45) is 0 Å². The Balaban J connectivity index is 1.61. The minimum absolute atomic E-state index is 0.551. The second-order valence-corrected chi connectivity index (χ2v) is 6.83. The molecule has 0 unspecified atom stereocenters. The highest BCUT2D eigenvalue weighted by molar-refractivity contribution is 5.66. The van der Waals surface area contributed by atoms with Gasteiger partial charge in [0.05, 0.1) is 12.8 Å². The van der Waals surface area contributed by atoms with Gasteiger partial charge in [-0.25, -0.2) is 9.97 Å². The smallest absolute Gasteiger partial charge is 0.163 e. The van der Waals surface area contributed by atoms with Gasteiger partial charge in [0.2, 0.25) is 0 Å². The Morgan fingerprint density at radius 3 is 2.31 bits per heavy atom. The maximum atomic E-state index is 5.40. The molecule has 6 heteroatoms. The number of nitrogens with zero attached hydrogens (tertiary/aromatic N) is 3. The van der Waals surface area contributed by atoms with Crippen molar-refractivity contribution in [1.29, 1.82) is 0 Å². The van der Waals surface area contributed by atoms with Crippen LogP contribution in [0.1, 0.15) is 5.76 Å². The number of hydrogen-bond acceptors (Lipinski definition) is 6. The van der Waals surface area contributed by atoms with Crippen LogP contribution in [0.2, 0.25) is 0 Å². The molecular weight excluding hydrogens is 362 g/mol. The molecule has 0 atom stereocenters. The molecule has 29 heavy (non-hydrogen) atoms. The molecule has 0 fully saturated rings. The van der Waals surface area contributed by atoms with Crippen molar-refractivity contribution in [3.05, 3.63) is 84.8 Å². The number of aromatic nitrogens is 2. The molecule has 2 N–H and O–H groups in total. The summed E-state index contributed by atoms with van der Waals surface area (Å²) in [5, 5.41) is 6.70. The summed E-state index contributed by atoms with van der Waals surface area (Å²) < 4.78 is 5.40. The fourth-order valence-electron chi connectivity index (χ4n) is 2.90. The van der Waals surface area contributed by atoms with Crippen molar-refractivity contribution >= 4 is 23.0 Å². The van der Waals surface area contributed by atoms with E-state index < -0.39 is 0 Å². The highest BCUT2D eigenvalue weighted by Crippen LogP contribution is 2.24. The molecule has 0 aliphatic heterocycles. The van der Waals surface area contributed by atoms with E-state index in [0.29, 0.717) is 12.4 Å². The molecule has 0 saturated heterocycles. The highest BCUT2D eigenvalue weighted by Gasteiger charge is 2.08. The van der Waals surface area contributed by atoms with Crippen LogP contribution in [-0.4, -0.2) is 24.1 Å². The minimum Gasteiger partial charge on any atom is -0.467 e. The van der Waals surface area contributed by atoms with Gasteiger partial charge in [-0.05, 0) is 36.4 Å². The van der Waals surface area contributed by atoms with Gasteiger partial charge in [-0.1, -0.05) is 30.3 Å². The number of furan rings is 1. The summed E-state index contributed by atoms with van der Waals surface area (Å²) >= 11 is 0. The van der Waals surface area contributed by atoms with Crippen LogP contribution in [0.5, 0.6) is 0 Å². The van der Waals surface area contributed by atoms with E-state index in [9.17, 15) is 0 Å². The third-order valence-corrected chi connectivity index (χ3v) is 4.44. The lowest BCUT2D eigenvalue weighted by molar-refractivity contribution is 0.518. The molecule has 2 aromatic heterocycles. The van der Waals surface area contributed by atoms with Crippen LogP contribution in [0.4, 0.5) is 23.0 Å². The zero-order valence-corrected chi connectivity index (χ0v) is 16.5. The summed E-state index contributed by atoms with van der Waals surface area (Å²) in [6.07, 6.45) is 1.66. The van der Waals surface area contributed by atoms with Gasteiger partial charge in [0.15, 0.2) is 5.82 Å². The Morgan fingerprint density at radius 2 is 1.62 bits per heavy atom. The van der Waals surface area contributed by atoms with Crippen LogP contribution in [0.15, 0.2) is 83.5 Å². The maximum Gasteiger partial charge on any atom is 0.163 e. The van der Waals surface area contributed by atoms with Gasteiger partial charge >= 0.3 is 0 Å². The number of benzene rings is 2. The van der Waals surface area contributed by atoms with Crippen LogP contribution < -0.4 is 15.5 Å². The zero-order chi connectivity index (χ0) is 20.1. The molecule has 0 radical (unpaired) electrons. The first-order valence-corrected chi connectivity index (χ1v) is 9.42. The van der Waals surface area contributed by atoms with E-state index in [1.54, 1.807) is 6.26 Å². The van der Waals surface area contributed by atoms with Crippen molar-refractivity contribution < 1.29 is 4.42 Å². The second-order valence-electron chi connectivity index (χ2n) is 6.83. The SMILES string of the molecule is CN(C)c1ccc(Nc2cc(NCc3ccco3)nc(-c3ccccc3)n2)cc1. The number of rotatable bonds is 7. The Labute approximate surface area is 170 Å². The van der Waals surface area contributed by atoms with Gasteiger partial charge in [-0.3, -0.25) is 0 Å². The van der Waals surface area contributed by atoms with Crippen LogP contribution in [0.25, 0.3) is 11.4 Å². The van der Waals surface area contributed by atoms with E-state index in [1.165, 1.54) is 0 Å². The van der Waals surface area contributed by atoms with Gasteiger partial charge in [0.1, 0.15) is 17.4 Å². The largest absolute Gasteiger partial charge is 0.467 e.